The largest absolute Gasteiger partial charge is 0.396 e. The van der Waals surface area contributed by atoms with E-state index in [1.165, 1.54) is 6.20 Å². The Morgan fingerprint density at radius 1 is 1.61 bits per heavy atom. The molecule has 18 heavy (non-hydrogen) atoms. The van der Waals surface area contributed by atoms with E-state index in [4.69, 9.17) is 16.7 Å². The monoisotopic (exact) mass is 269 g/mol. The van der Waals surface area contributed by atoms with Crippen LogP contribution < -0.4 is 0 Å². The van der Waals surface area contributed by atoms with Crippen molar-refractivity contribution in [1.29, 1.82) is 0 Å². The third-order valence-corrected chi connectivity index (χ3v) is 3.26. The lowest BCUT2D eigenvalue weighted by Crippen LogP contribution is -2.51. The van der Waals surface area contributed by atoms with E-state index < -0.39 is 0 Å². The highest BCUT2D eigenvalue weighted by atomic mass is 35.5. The minimum Gasteiger partial charge on any atom is -0.396 e. The van der Waals surface area contributed by atoms with Crippen molar-refractivity contribution < 1.29 is 9.90 Å². The Morgan fingerprint density at radius 3 is 2.83 bits per heavy atom. The van der Waals surface area contributed by atoms with Gasteiger partial charge in [-0.3, -0.25) is 4.79 Å². The summed E-state index contributed by atoms with van der Waals surface area (Å²) in [5.41, 5.74) is 0.256. The summed E-state index contributed by atoms with van der Waals surface area (Å²) in [5.74, 6) is 0.755. The standard InChI is InChI=1S/C12H16ClN3O2/c1-7(2)11-14-3-9(13)10(15-11)12(18)16-4-8(5-16)6-17/h3,7-8,17H,4-6H2,1-2H3. The van der Waals surface area contributed by atoms with E-state index in [0.717, 1.165) is 0 Å². The highest BCUT2D eigenvalue weighted by molar-refractivity contribution is 6.33. The van der Waals surface area contributed by atoms with Crippen molar-refractivity contribution in [3.63, 3.8) is 0 Å². The summed E-state index contributed by atoms with van der Waals surface area (Å²) in [5, 5.41) is 9.21. The first-order chi connectivity index (χ1) is 8.52. The lowest BCUT2D eigenvalue weighted by Gasteiger charge is -2.38. The Hall–Kier alpha value is -1.20. The molecule has 0 bridgehead atoms. The molecule has 1 fully saturated rings. The molecule has 0 aromatic carbocycles. The molecule has 5 nitrogen and oxygen atoms in total. The van der Waals surface area contributed by atoms with Crippen molar-refractivity contribution >= 4 is 17.5 Å². The van der Waals surface area contributed by atoms with Gasteiger partial charge in [-0.15, -0.1) is 0 Å². The molecule has 2 heterocycles. The number of halogens is 1. The van der Waals surface area contributed by atoms with Crippen molar-refractivity contribution in [2.45, 2.75) is 19.8 Å². The van der Waals surface area contributed by atoms with Crippen LogP contribution in [0, 0.1) is 5.92 Å². The second-order valence-corrected chi connectivity index (χ2v) is 5.25. The van der Waals surface area contributed by atoms with Gasteiger partial charge < -0.3 is 10.0 Å². The van der Waals surface area contributed by atoms with Gasteiger partial charge in [0.15, 0.2) is 5.69 Å². The maximum absolute atomic E-state index is 12.2. The molecule has 0 spiro atoms. The zero-order valence-electron chi connectivity index (χ0n) is 10.4. The summed E-state index contributed by atoms with van der Waals surface area (Å²) in [6.45, 7) is 5.16. The molecule has 0 radical (unpaired) electrons. The zero-order valence-corrected chi connectivity index (χ0v) is 11.2. The predicted octanol–water partition coefficient (Wildman–Crippen LogP) is 1.32. The number of carbonyl (C=O) groups excluding carboxylic acids is 1. The zero-order chi connectivity index (χ0) is 13.3. The van der Waals surface area contributed by atoms with Crippen LogP contribution >= 0.6 is 11.6 Å². The Morgan fingerprint density at radius 2 is 2.28 bits per heavy atom. The van der Waals surface area contributed by atoms with E-state index in [9.17, 15) is 4.79 Å². The summed E-state index contributed by atoms with van der Waals surface area (Å²) in [6.07, 6.45) is 1.47. The van der Waals surface area contributed by atoms with Crippen LogP contribution in [0.3, 0.4) is 0 Å². The number of aliphatic hydroxyl groups is 1. The Labute approximate surface area is 111 Å². The fourth-order valence-electron chi connectivity index (χ4n) is 1.81. The van der Waals surface area contributed by atoms with E-state index in [0.29, 0.717) is 18.9 Å². The van der Waals surface area contributed by atoms with Crippen LogP contribution in [0.2, 0.25) is 5.02 Å². The van der Waals surface area contributed by atoms with Crippen LogP contribution in [-0.2, 0) is 0 Å². The lowest BCUT2D eigenvalue weighted by atomic mass is 10.0. The maximum atomic E-state index is 12.2. The van der Waals surface area contributed by atoms with Gasteiger partial charge in [0.2, 0.25) is 0 Å². The predicted molar refractivity (Wildman–Crippen MR) is 67.6 cm³/mol. The molecule has 1 amide bonds. The molecule has 1 aromatic rings. The summed E-state index contributed by atoms with van der Waals surface area (Å²) in [6, 6.07) is 0. The summed E-state index contributed by atoms with van der Waals surface area (Å²) in [4.78, 5) is 22.1. The van der Waals surface area contributed by atoms with Gasteiger partial charge in [-0.05, 0) is 0 Å². The van der Waals surface area contributed by atoms with Gasteiger partial charge in [0.25, 0.3) is 5.91 Å². The van der Waals surface area contributed by atoms with Gasteiger partial charge in [-0.2, -0.15) is 0 Å². The molecule has 6 heteroatoms. The minimum atomic E-state index is -0.186. The van der Waals surface area contributed by atoms with Gasteiger partial charge in [0.05, 0.1) is 11.2 Å². The van der Waals surface area contributed by atoms with Crippen molar-refractivity contribution in [3.05, 3.63) is 22.7 Å². The number of rotatable bonds is 3. The maximum Gasteiger partial charge on any atom is 0.274 e. The average molecular weight is 270 g/mol. The molecule has 2 rings (SSSR count). The van der Waals surface area contributed by atoms with Crippen LogP contribution in [-0.4, -0.2) is 45.6 Å². The fraction of sp³-hybridized carbons (Fsp3) is 0.583. The number of hydrogen-bond donors (Lipinski definition) is 1. The van der Waals surface area contributed by atoms with Gasteiger partial charge >= 0.3 is 0 Å². The van der Waals surface area contributed by atoms with Gasteiger partial charge in [-0.25, -0.2) is 9.97 Å². The van der Waals surface area contributed by atoms with Gasteiger partial charge in [0, 0.05) is 31.5 Å². The quantitative estimate of drug-likeness (QED) is 0.899. The van der Waals surface area contributed by atoms with Crippen LogP contribution in [0.25, 0.3) is 0 Å². The molecule has 1 saturated heterocycles. The molecular formula is C12H16ClN3O2. The third-order valence-electron chi connectivity index (χ3n) is 2.98. The van der Waals surface area contributed by atoms with E-state index >= 15 is 0 Å². The number of amides is 1. The smallest absolute Gasteiger partial charge is 0.274 e. The van der Waals surface area contributed by atoms with Crippen LogP contribution in [0.4, 0.5) is 0 Å². The second kappa shape index (κ2) is 5.20. The van der Waals surface area contributed by atoms with E-state index in [2.05, 4.69) is 9.97 Å². The topological polar surface area (TPSA) is 66.3 Å². The minimum absolute atomic E-state index is 0.110. The van der Waals surface area contributed by atoms with Crippen LogP contribution in [0.15, 0.2) is 6.20 Å². The van der Waals surface area contributed by atoms with Gasteiger partial charge in [0.1, 0.15) is 5.82 Å². The first-order valence-electron chi connectivity index (χ1n) is 5.95. The number of likely N-dealkylation sites (tertiary alicyclic amines) is 1. The first-order valence-corrected chi connectivity index (χ1v) is 6.33. The van der Waals surface area contributed by atoms with Crippen molar-refractivity contribution in [1.82, 2.24) is 14.9 Å². The van der Waals surface area contributed by atoms with E-state index in [1.807, 2.05) is 13.8 Å². The van der Waals surface area contributed by atoms with Crippen molar-refractivity contribution in [2.24, 2.45) is 5.92 Å². The summed E-state index contributed by atoms with van der Waals surface area (Å²) < 4.78 is 0. The number of nitrogens with zero attached hydrogens (tertiary/aromatic N) is 3. The first kappa shape index (κ1) is 13.2. The molecule has 0 atom stereocenters. The normalized spacial score (nSPS) is 15.9. The highest BCUT2D eigenvalue weighted by Gasteiger charge is 2.32. The molecule has 0 saturated carbocycles. The Bertz CT molecular complexity index is 459. The fourth-order valence-corrected chi connectivity index (χ4v) is 1.98. The molecule has 0 aliphatic carbocycles. The highest BCUT2D eigenvalue weighted by Crippen LogP contribution is 2.22. The third kappa shape index (κ3) is 2.47. The van der Waals surface area contributed by atoms with Crippen molar-refractivity contribution in [2.75, 3.05) is 19.7 Å². The van der Waals surface area contributed by atoms with Crippen LogP contribution in [0.5, 0.6) is 0 Å². The average Bonchev–Trinajstić information content (AvgIpc) is 2.27. The molecule has 1 aliphatic heterocycles. The number of aromatic nitrogens is 2. The second-order valence-electron chi connectivity index (χ2n) is 4.84. The van der Waals surface area contributed by atoms with Gasteiger partial charge in [-0.1, -0.05) is 25.4 Å². The summed E-state index contributed by atoms with van der Waals surface area (Å²) in [7, 11) is 0. The van der Waals surface area contributed by atoms with E-state index in [1.54, 1.807) is 4.90 Å². The Kier molecular flexibility index (Phi) is 3.82. The Balaban J connectivity index is 2.17. The van der Waals surface area contributed by atoms with Crippen LogP contribution in [0.1, 0.15) is 36.1 Å². The molecule has 1 aromatic heterocycles. The number of aliphatic hydroxyl groups excluding tert-OH is 1. The molecule has 0 unspecified atom stereocenters. The summed E-state index contributed by atoms with van der Waals surface area (Å²) >= 11 is 5.97. The number of carbonyl (C=O) groups is 1. The molecular weight excluding hydrogens is 254 g/mol. The molecule has 98 valence electrons. The molecule has 1 N–H and O–H groups in total. The SMILES string of the molecule is CC(C)c1ncc(Cl)c(C(=O)N2CC(CO)C2)n1. The van der Waals surface area contributed by atoms with E-state index in [-0.39, 0.29) is 35.1 Å². The lowest BCUT2D eigenvalue weighted by molar-refractivity contribution is 0.0356. The van der Waals surface area contributed by atoms with Crippen molar-refractivity contribution in [3.8, 4) is 0 Å². The number of hydrogen-bond acceptors (Lipinski definition) is 4. The molecule has 1 aliphatic rings.